The second-order valence-electron chi connectivity index (χ2n) is 11.2. The molecule has 1 fully saturated rings. The van der Waals surface area contributed by atoms with Gasteiger partial charge in [-0.25, -0.2) is 19.4 Å². The van der Waals surface area contributed by atoms with Crippen LogP contribution in [0.15, 0.2) is 16.3 Å². The standard InChI is InChI=1S/C26H39N3O8/c1-8-34-22(31)20-18(21-27-16(15-35-21)10-9-11-30)12-17-13-28(23(32)36-25(2,3)4)14-19(20)29(17)24(33)37-26(5,6)7/h15,17,19,30H,8-14H2,1-7H3. The molecule has 11 heteroatoms. The third-order valence-electron chi connectivity index (χ3n) is 5.80. The summed E-state index contributed by atoms with van der Waals surface area (Å²) >= 11 is 0. The molecule has 2 unspecified atom stereocenters. The number of oxazole rings is 1. The summed E-state index contributed by atoms with van der Waals surface area (Å²) in [4.78, 5) is 47.3. The highest BCUT2D eigenvalue weighted by atomic mass is 16.6. The number of carbonyl (C=O) groups is 3. The molecule has 2 aliphatic heterocycles. The fraction of sp³-hybridized carbons (Fsp3) is 0.692. The molecule has 2 atom stereocenters. The lowest BCUT2D eigenvalue weighted by Gasteiger charge is -2.49. The van der Waals surface area contributed by atoms with E-state index in [0.717, 1.165) is 0 Å². The van der Waals surface area contributed by atoms with Crippen molar-refractivity contribution in [3.63, 3.8) is 0 Å². The number of aromatic nitrogens is 1. The zero-order chi connectivity index (χ0) is 27.5. The largest absolute Gasteiger partial charge is 0.463 e. The van der Waals surface area contributed by atoms with Crippen LogP contribution in [0, 0.1) is 0 Å². The molecule has 2 amide bonds. The highest BCUT2D eigenvalue weighted by Gasteiger charge is 2.50. The van der Waals surface area contributed by atoms with Crippen molar-refractivity contribution in [2.75, 3.05) is 26.3 Å². The van der Waals surface area contributed by atoms with Gasteiger partial charge in [0.05, 0.1) is 30.0 Å². The second-order valence-corrected chi connectivity index (χ2v) is 11.2. The van der Waals surface area contributed by atoms with E-state index in [4.69, 9.17) is 23.7 Å². The molecule has 0 aliphatic carbocycles. The monoisotopic (exact) mass is 521 g/mol. The number of hydrogen-bond donors (Lipinski definition) is 1. The van der Waals surface area contributed by atoms with Crippen LogP contribution in [0.2, 0.25) is 0 Å². The summed E-state index contributed by atoms with van der Waals surface area (Å²) < 4.78 is 22.4. The zero-order valence-electron chi connectivity index (χ0n) is 22.8. The Morgan fingerprint density at radius 1 is 1.08 bits per heavy atom. The maximum Gasteiger partial charge on any atom is 0.411 e. The van der Waals surface area contributed by atoms with Gasteiger partial charge < -0.3 is 28.6 Å². The van der Waals surface area contributed by atoms with Gasteiger partial charge in [0.25, 0.3) is 0 Å². The van der Waals surface area contributed by atoms with Gasteiger partial charge in [-0.2, -0.15) is 0 Å². The molecule has 37 heavy (non-hydrogen) atoms. The number of fused-ring (bicyclic) bond motifs is 2. The van der Waals surface area contributed by atoms with Gasteiger partial charge >= 0.3 is 18.2 Å². The van der Waals surface area contributed by atoms with Crippen molar-refractivity contribution in [2.24, 2.45) is 0 Å². The number of rotatable bonds is 6. The minimum Gasteiger partial charge on any atom is -0.463 e. The van der Waals surface area contributed by atoms with Crippen molar-refractivity contribution in [3.05, 3.63) is 23.4 Å². The number of amides is 2. The van der Waals surface area contributed by atoms with Gasteiger partial charge in [0.2, 0.25) is 5.89 Å². The minimum atomic E-state index is -0.850. The van der Waals surface area contributed by atoms with Crippen LogP contribution in [-0.4, -0.2) is 87.6 Å². The number of piperazine rings is 1. The summed E-state index contributed by atoms with van der Waals surface area (Å²) in [5.74, 6) is -0.351. The van der Waals surface area contributed by atoms with Crippen LogP contribution in [0.5, 0.6) is 0 Å². The van der Waals surface area contributed by atoms with Crippen molar-refractivity contribution in [1.29, 1.82) is 0 Å². The zero-order valence-corrected chi connectivity index (χ0v) is 22.8. The first-order valence-corrected chi connectivity index (χ1v) is 12.7. The molecule has 0 aromatic carbocycles. The molecule has 3 heterocycles. The predicted molar refractivity (Wildman–Crippen MR) is 134 cm³/mol. The predicted octanol–water partition coefficient (Wildman–Crippen LogP) is 3.54. The summed E-state index contributed by atoms with van der Waals surface area (Å²) in [7, 11) is 0. The van der Waals surface area contributed by atoms with Crippen LogP contribution >= 0.6 is 0 Å². The maximum absolute atomic E-state index is 13.4. The van der Waals surface area contributed by atoms with Gasteiger partial charge in [-0.05, 0) is 61.3 Å². The van der Waals surface area contributed by atoms with E-state index in [1.54, 1.807) is 48.5 Å². The van der Waals surface area contributed by atoms with E-state index in [1.165, 1.54) is 16.1 Å². The Balaban J connectivity index is 2.08. The topological polar surface area (TPSA) is 132 Å². The Bertz CT molecular complexity index is 1030. The molecule has 1 N–H and O–H groups in total. The van der Waals surface area contributed by atoms with Crippen LogP contribution < -0.4 is 0 Å². The van der Waals surface area contributed by atoms with Crippen molar-refractivity contribution >= 4 is 23.7 Å². The SMILES string of the molecule is CCOC(=O)C1=C(c2nc(CCCO)co2)CC2CN(C(=O)OC(C)(C)C)CC1N2C(=O)OC(C)(C)C. The van der Waals surface area contributed by atoms with Crippen molar-refractivity contribution in [3.8, 4) is 0 Å². The lowest BCUT2D eigenvalue weighted by atomic mass is 9.85. The first-order valence-electron chi connectivity index (χ1n) is 12.7. The lowest BCUT2D eigenvalue weighted by molar-refractivity contribution is -0.140. The summed E-state index contributed by atoms with van der Waals surface area (Å²) in [5, 5.41) is 9.15. The molecule has 1 saturated heterocycles. The molecule has 3 rings (SSSR count). The van der Waals surface area contributed by atoms with E-state index < -0.39 is 41.4 Å². The maximum atomic E-state index is 13.4. The average molecular weight is 522 g/mol. The Morgan fingerprint density at radius 2 is 1.73 bits per heavy atom. The molecular weight excluding hydrogens is 482 g/mol. The Hall–Kier alpha value is -3.08. The number of aliphatic hydroxyl groups excluding tert-OH is 1. The summed E-state index contributed by atoms with van der Waals surface area (Å²) in [6.07, 6.45) is 1.64. The Kier molecular flexibility index (Phi) is 8.56. The van der Waals surface area contributed by atoms with E-state index in [-0.39, 0.29) is 44.2 Å². The number of nitrogens with zero attached hydrogens (tertiary/aromatic N) is 3. The van der Waals surface area contributed by atoms with E-state index in [2.05, 4.69) is 4.98 Å². The summed E-state index contributed by atoms with van der Waals surface area (Å²) in [6, 6.07) is -1.36. The average Bonchev–Trinajstić information content (AvgIpc) is 3.23. The molecular formula is C26H39N3O8. The molecule has 0 spiro atoms. The number of esters is 1. The number of aliphatic hydroxyl groups is 1. The number of hydrogen-bond acceptors (Lipinski definition) is 9. The van der Waals surface area contributed by atoms with Crippen molar-refractivity contribution < 1.29 is 38.1 Å². The molecule has 0 radical (unpaired) electrons. The molecule has 2 bridgehead atoms. The third-order valence-corrected chi connectivity index (χ3v) is 5.80. The number of ether oxygens (including phenoxy) is 3. The van der Waals surface area contributed by atoms with E-state index >= 15 is 0 Å². The lowest BCUT2D eigenvalue weighted by Crippen LogP contribution is -2.65. The van der Waals surface area contributed by atoms with Gasteiger partial charge in [-0.1, -0.05) is 0 Å². The normalized spacial score (nSPS) is 20.1. The molecule has 1 aromatic rings. The molecule has 0 saturated carbocycles. The number of carbonyl (C=O) groups excluding carboxylic acids is 3. The van der Waals surface area contributed by atoms with E-state index in [0.29, 0.717) is 24.1 Å². The fourth-order valence-corrected chi connectivity index (χ4v) is 4.47. The first kappa shape index (κ1) is 28.5. The van der Waals surface area contributed by atoms with Crippen LogP contribution in [0.3, 0.4) is 0 Å². The van der Waals surface area contributed by atoms with Crippen LogP contribution in [0.25, 0.3) is 5.57 Å². The van der Waals surface area contributed by atoms with E-state index in [1.807, 2.05) is 0 Å². The van der Waals surface area contributed by atoms with Gasteiger partial charge in [0.1, 0.15) is 17.5 Å². The quantitative estimate of drug-likeness (QED) is 0.441. The van der Waals surface area contributed by atoms with Gasteiger partial charge in [-0.3, -0.25) is 4.90 Å². The van der Waals surface area contributed by atoms with Crippen LogP contribution in [0.4, 0.5) is 9.59 Å². The second kappa shape index (κ2) is 11.1. The first-order chi connectivity index (χ1) is 17.2. The summed E-state index contributed by atoms with van der Waals surface area (Å²) in [5.41, 5.74) is -0.0770. The van der Waals surface area contributed by atoms with Crippen LogP contribution in [0.1, 0.15) is 72.9 Å². The Labute approximate surface area is 217 Å². The smallest absolute Gasteiger partial charge is 0.411 e. The highest BCUT2D eigenvalue weighted by molar-refractivity contribution is 6.00. The van der Waals surface area contributed by atoms with Gasteiger partial charge in [0, 0.05) is 31.7 Å². The van der Waals surface area contributed by atoms with Gasteiger partial charge in [-0.15, -0.1) is 0 Å². The van der Waals surface area contributed by atoms with Crippen molar-refractivity contribution in [2.45, 2.75) is 91.0 Å². The fourth-order valence-electron chi connectivity index (χ4n) is 4.47. The van der Waals surface area contributed by atoms with Gasteiger partial charge in [0.15, 0.2) is 0 Å². The molecule has 1 aromatic heterocycles. The van der Waals surface area contributed by atoms with E-state index in [9.17, 15) is 14.4 Å². The number of aryl methyl sites for hydroxylation is 1. The Morgan fingerprint density at radius 3 is 2.32 bits per heavy atom. The third kappa shape index (κ3) is 7.03. The minimum absolute atomic E-state index is 0.0143. The van der Waals surface area contributed by atoms with Crippen molar-refractivity contribution in [1.82, 2.24) is 14.8 Å². The highest BCUT2D eigenvalue weighted by Crippen LogP contribution is 2.39. The molecule has 206 valence electrons. The van der Waals surface area contributed by atoms with Crippen LogP contribution in [-0.2, 0) is 25.4 Å². The summed E-state index contributed by atoms with van der Waals surface area (Å²) in [6.45, 7) is 12.7. The molecule has 2 aliphatic rings. The molecule has 11 nitrogen and oxygen atoms in total.